The van der Waals surface area contributed by atoms with Crippen LogP contribution >= 0.6 is 0 Å². The highest BCUT2D eigenvalue weighted by Crippen LogP contribution is 2.56. The molecule has 30 heavy (non-hydrogen) atoms. The van der Waals surface area contributed by atoms with E-state index < -0.39 is 60.8 Å². The van der Waals surface area contributed by atoms with Crippen LogP contribution < -0.4 is 0 Å². The summed E-state index contributed by atoms with van der Waals surface area (Å²) in [5.41, 5.74) is -0.0659. The van der Waals surface area contributed by atoms with E-state index >= 15 is 0 Å². The Labute approximate surface area is 171 Å². The Morgan fingerprint density at radius 3 is 2.47 bits per heavy atom. The largest absolute Gasteiger partial charge is 0.462 e. The van der Waals surface area contributed by atoms with E-state index in [4.69, 9.17) is 28.8 Å². The van der Waals surface area contributed by atoms with Crippen LogP contribution in [0.5, 0.6) is 0 Å². The number of carbonyl (C=O) groups excluding carboxylic acids is 4. The fourth-order valence-electron chi connectivity index (χ4n) is 4.64. The quantitative estimate of drug-likeness (QED) is 0.308. The molecular formula is C20H22O10. The van der Waals surface area contributed by atoms with Crippen molar-refractivity contribution in [2.45, 2.75) is 37.3 Å². The minimum atomic E-state index is -0.755. The molecule has 10 nitrogen and oxygen atoms in total. The van der Waals surface area contributed by atoms with Crippen LogP contribution in [0, 0.1) is 17.8 Å². The first-order valence-corrected chi connectivity index (χ1v) is 9.66. The topological polar surface area (TPSA) is 135 Å². The lowest BCUT2D eigenvalue weighted by atomic mass is 9.85. The number of hydrogen-bond donors (Lipinski definition) is 1. The van der Waals surface area contributed by atoms with E-state index in [1.54, 1.807) is 0 Å². The predicted molar refractivity (Wildman–Crippen MR) is 95.4 cm³/mol. The average molecular weight is 422 g/mol. The van der Waals surface area contributed by atoms with Gasteiger partial charge in [0.1, 0.15) is 24.9 Å². The molecule has 0 aromatic rings. The summed E-state index contributed by atoms with van der Waals surface area (Å²) in [7, 11) is 0. The van der Waals surface area contributed by atoms with E-state index in [2.05, 4.69) is 13.2 Å². The van der Waals surface area contributed by atoms with Crippen LogP contribution in [0.3, 0.4) is 0 Å². The maximum absolute atomic E-state index is 12.3. The minimum Gasteiger partial charge on any atom is -0.462 e. The molecule has 4 aliphatic rings. The van der Waals surface area contributed by atoms with Gasteiger partial charge >= 0.3 is 23.9 Å². The number of esters is 4. The number of aliphatic hydroxyl groups is 1. The van der Waals surface area contributed by atoms with Gasteiger partial charge in [0.15, 0.2) is 0 Å². The third-order valence-electron chi connectivity index (χ3n) is 6.03. The number of cyclic esters (lactones) is 1. The second-order valence-corrected chi connectivity index (χ2v) is 7.92. The number of ether oxygens (including phenoxy) is 5. The van der Waals surface area contributed by atoms with Gasteiger partial charge in [-0.25, -0.2) is 9.59 Å². The molecular weight excluding hydrogens is 400 g/mol. The Bertz CT molecular complexity index is 816. The molecule has 7 atom stereocenters. The van der Waals surface area contributed by atoms with Gasteiger partial charge in [0, 0.05) is 11.8 Å². The van der Waals surface area contributed by atoms with E-state index in [9.17, 15) is 19.2 Å². The zero-order valence-corrected chi connectivity index (χ0v) is 16.1. The summed E-state index contributed by atoms with van der Waals surface area (Å²) in [5, 5.41) is 9.06. The van der Waals surface area contributed by atoms with Gasteiger partial charge in [0.05, 0.1) is 42.8 Å². The van der Waals surface area contributed by atoms with Crippen LogP contribution in [0.4, 0.5) is 0 Å². The monoisotopic (exact) mass is 422 g/mol. The molecule has 1 N–H and O–H groups in total. The van der Waals surface area contributed by atoms with Crippen LogP contribution in [0.1, 0.15) is 12.8 Å². The molecule has 2 heterocycles. The zero-order chi connectivity index (χ0) is 21.6. The maximum atomic E-state index is 12.3. The second-order valence-electron chi connectivity index (χ2n) is 7.92. The molecule has 0 aromatic heterocycles. The van der Waals surface area contributed by atoms with Gasteiger partial charge < -0.3 is 28.8 Å². The minimum absolute atomic E-state index is 0.00621. The smallest absolute Gasteiger partial charge is 0.336 e. The molecule has 2 saturated heterocycles. The van der Waals surface area contributed by atoms with Crippen LogP contribution in [0.15, 0.2) is 24.3 Å². The molecule has 4 rings (SSSR count). The third kappa shape index (κ3) is 3.50. The molecule has 0 radical (unpaired) electrons. The highest BCUT2D eigenvalue weighted by molar-refractivity contribution is 5.89. The van der Waals surface area contributed by atoms with Crippen LogP contribution in [0.25, 0.3) is 0 Å². The maximum Gasteiger partial charge on any atom is 0.336 e. The molecule has 2 aliphatic heterocycles. The Morgan fingerprint density at radius 2 is 1.80 bits per heavy atom. The summed E-state index contributed by atoms with van der Waals surface area (Å²) in [6.45, 7) is 6.38. The van der Waals surface area contributed by atoms with Gasteiger partial charge in [-0.2, -0.15) is 0 Å². The van der Waals surface area contributed by atoms with Crippen molar-refractivity contribution in [2.75, 3.05) is 19.8 Å². The first-order chi connectivity index (χ1) is 14.3. The van der Waals surface area contributed by atoms with Crippen LogP contribution in [-0.4, -0.2) is 73.2 Å². The van der Waals surface area contributed by atoms with Crippen LogP contribution in [-0.2, 0) is 42.9 Å². The Hall–Kier alpha value is -2.72. The van der Waals surface area contributed by atoms with Gasteiger partial charge in [-0.15, -0.1) is 0 Å². The first kappa shape index (κ1) is 20.5. The molecule has 2 bridgehead atoms. The average Bonchev–Trinajstić information content (AvgIpc) is 3.43. The molecule has 0 amide bonds. The Kier molecular flexibility index (Phi) is 5.37. The molecule has 7 unspecified atom stereocenters. The van der Waals surface area contributed by atoms with E-state index in [-0.39, 0.29) is 42.6 Å². The van der Waals surface area contributed by atoms with Gasteiger partial charge in [0.2, 0.25) is 0 Å². The number of fused-ring (bicyclic) bond motifs is 1. The van der Waals surface area contributed by atoms with Crippen molar-refractivity contribution in [3.05, 3.63) is 24.3 Å². The summed E-state index contributed by atoms with van der Waals surface area (Å²) in [6, 6.07) is 0. The van der Waals surface area contributed by atoms with Crippen LogP contribution in [0.2, 0.25) is 0 Å². The zero-order valence-electron chi connectivity index (χ0n) is 16.1. The van der Waals surface area contributed by atoms with Gasteiger partial charge in [-0.05, 0) is 6.42 Å². The Morgan fingerprint density at radius 1 is 1.07 bits per heavy atom. The summed E-state index contributed by atoms with van der Waals surface area (Å²) >= 11 is 0. The van der Waals surface area contributed by atoms with E-state index in [1.165, 1.54) is 0 Å². The van der Waals surface area contributed by atoms with E-state index in [0.717, 1.165) is 0 Å². The molecule has 2 saturated carbocycles. The fraction of sp³-hybridized carbons (Fsp3) is 0.600. The third-order valence-corrected chi connectivity index (χ3v) is 6.03. The number of rotatable bonds is 8. The lowest BCUT2D eigenvalue weighted by molar-refractivity contribution is -0.160. The standard InChI is InChI=1S/C20H22O10/c1-8(5-21)18(23)29-17-12-4-11-14(20(25)30-16(11)17)15(12)27-6-9(2)19(24)28-10-3-13(22)26-7-10/h10-12,14-17,21H,1-7H2. The van der Waals surface area contributed by atoms with Crippen molar-refractivity contribution < 1.29 is 48.0 Å². The van der Waals surface area contributed by atoms with Crippen molar-refractivity contribution in [3.63, 3.8) is 0 Å². The lowest BCUT2D eigenvalue weighted by Crippen LogP contribution is -2.44. The van der Waals surface area contributed by atoms with Crippen molar-refractivity contribution in [1.29, 1.82) is 0 Å². The molecule has 162 valence electrons. The summed E-state index contributed by atoms with van der Waals surface area (Å²) in [5.74, 6) is -3.26. The predicted octanol–water partition coefficient (Wildman–Crippen LogP) is -0.562. The van der Waals surface area contributed by atoms with Crippen molar-refractivity contribution in [3.8, 4) is 0 Å². The Balaban J connectivity index is 1.36. The summed E-state index contributed by atoms with van der Waals surface area (Å²) in [4.78, 5) is 47.6. The number of aliphatic hydroxyl groups excluding tert-OH is 1. The highest BCUT2D eigenvalue weighted by atomic mass is 16.6. The lowest BCUT2D eigenvalue weighted by Gasteiger charge is -2.31. The molecule has 0 aromatic carbocycles. The normalized spacial score (nSPS) is 35.7. The number of hydrogen-bond acceptors (Lipinski definition) is 10. The SMILES string of the molecule is C=C(COC1C2CC3C(OC(=O)C31)C2OC(=O)C(=C)CO)C(=O)OC1COC(=O)C1. The highest BCUT2D eigenvalue weighted by Gasteiger charge is 2.68. The second kappa shape index (κ2) is 7.84. The summed E-state index contributed by atoms with van der Waals surface area (Å²) < 4.78 is 26.6. The van der Waals surface area contributed by atoms with E-state index in [0.29, 0.717) is 6.42 Å². The fourth-order valence-corrected chi connectivity index (χ4v) is 4.64. The van der Waals surface area contributed by atoms with Gasteiger partial charge in [-0.3, -0.25) is 9.59 Å². The van der Waals surface area contributed by atoms with Crippen molar-refractivity contribution >= 4 is 23.9 Å². The first-order valence-electron chi connectivity index (χ1n) is 9.66. The van der Waals surface area contributed by atoms with Crippen molar-refractivity contribution in [2.24, 2.45) is 17.8 Å². The van der Waals surface area contributed by atoms with E-state index in [1.807, 2.05) is 0 Å². The summed E-state index contributed by atoms with van der Waals surface area (Å²) in [6.07, 6.45) is -1.95. The number of carbonyl (C=O) groups is 4. The van der Waals surface area contributed by atoms with Gasteiger partial charge in [-0.1, -0.05) is 13.2 Å². The van der Waals surface area contributed by atoms with Crippen molar-refractivity contribution in [1.82, 2.24) is 0 Å². The molecule has 0 spiro atoms. The van der Waals surface area contributed by atoms with Gasteiger partial charge in [0.25, 0.3) is 0 Å². The molecule has 10 heteroatoms. The molecule has 4 fully saturated rings. The molecule has 2 aliphatic carbocycles.